The van der Waals surface area contributed by atoms with Crippen molar-refractivity contribution in [3.05, 3.63) is 57.0 Å². The largest absolute Gasteiger partial charge is 0.478 e. The lowest BCUT2D eigenvalue weighted by atomic mass is 10.1. The van der Waals surface area contributed by atoms with E-state index >= 15 is 0 Å². The van der Waals surface area contributed by atoms with Gasteiger partial charge in [-0.15, -0.1) is 0 Å². The number of carboxylic acid groups (broad SMARTS) is 1. The topological polar surface area (TPSA) is 49.3 Å². The summed E-state index contributed by atoms with van der Waals surface area (Å²) in [5, 5.41) is 11.7. The zero-order valence-corrected chi connectivity index (χ0v) is 12.1. The number of hydrogen-bond donors (Lipinski definition) is 2. The number of carbonyl (C=O) groups is 1. The minimum atomic E-state index is -1.38. The summed E-state index contributed by atoms with van der Waals surface area (Å²) in [4.78, 5) is 11.0. The van der Waals surface area contributed by atoms with Crippen LogP contribution in [0, 0.1) is 11.6 Å². The van der Waals surface area contributed by atoms with Gasteiger partial charge in [0.25, 0.3) is 0 Å². The molecule has 0 saturated heterocycles. The second-order valence-electron chi connectivity index (χ2n) is 3.84. The summed E-state index contributed by atoms with van der Waals surface area (Å²) in [6, 6.07) is 6.43. The minimum Gasteiger partial charge on any atom is -0.478 e. The predicted molar refractivity (Wildman–Crippen MR) is 75.8 cm³/mol. The van der Waals surface area contributed by atoms with Crippen LogP contribution in [0.1, 0.15) is 10.4 Å². The highest BCUT2D eigenvalue weighted by Crippen LogP contribution is 2.32. The first-order valence-corrected chi connectivity index (χ1v) is 6.50. The van der Waals surface area contributed by atoms with Gasteiger partial charge in [-0.1, -0.05) is 27.5 Å². The van der Waals surface area contributed by atoms with Crippen molar-refractivity contribution >= 4 is 44.9 Å². The highest BCUT2D eigenvalue weighted by Gasteiger charge is 2.19. The molecule has 2 aromatic rings. The molecule has 0 atom stereocenters. The van der Waals surface area contributed by atoms with Crippen LogP contribution in [0.5, 0.6) is 0 Å². The van der Waals surface area contributed by atoms with E-state index in [4.69, 9.17) is 16.7 Å². The van der Waals surface area contributed by atoms with Crippen molar-refractivity contribution in [1.82, 2.24) is 0 Å². The molecule has 0 fully saturated rings. The van der Waals surface area contributed by atoms with Gasteiger partial charge in [0.05, 0.1) is 22.0 Å². The molecule has 0 unspecified atom stereocenters. The Balaban J connectivity index is 2.52. The maximum absolute atomic E-state index is 13.8. The van der Waals surface area contributed by atoms with Crippen LogP contribution in [-0.4, -0.2) is 11.1 Å². The fourth-order valence-corrected chi connectivity index (χ4v) is 2.30. The third-order valence-electron chi connectivity index (χ3n) is 2.52. The van der Waals surface area contributed by atoms with E-state index in [9.17, 15) is 13.6 Å². The zero-order chi connectivity index (χ0) is 14.9. The van der Waals surface area contributed by atoms with Crippen molar-refractivity contribution in [2.24, 2.45) is 0 Å². The van der Waals surface area contributed by atoms with Crippen LogP contribution >= 0.6 is 27.5 Å². The smallest absolute Gasteiger partial charge is 0.337 e. The Morgan fingerprint density at radius 2 is 1.95 bits per heavy atom. The van der Waals surface area contributed by atoms with E-state index < -0.39 is 23.3 Å². The van der Waals surface area contributed by atoms with Gasteiger partial charge in [-0.3, -0.25) is 0 Å². The molecule has 20 heavy (non-hydrogen) atoms. The summed E-state index contributed by atoms with van der Waals surface area (Å²) >= 11 is 9.15. The van der Waals surface area contributed by atoms with Gasteiger partial charge in [-0.05, 0) is 30.3 Å². The number of anilines is 2. The molecule has 0 spiro atoms. The molecule has 0 amide bonds. The fraction of sp³-hybridized carbons (Fsp3) is 0. The molecule has 0 radical (unpaired) electrons. The molecule has 3 nitrogen and oxygen atoms in total. The Hall–Kier alpha value is -1.66. The van der Waals surface area contributed by atoms with Crippen LogP contribution < -0.4 is 5.32 Å². The molecular formula is C13H7BrClF2NO2. The molecular weight excluding hydrogens is 356 g/mol. The van der Waals surface area contributed by atoms with E-state index in [1.165, 1.54) is 6.07 Å². The molecule has 0 saturated carbocycles. The predicted octanol–water partition coefficient (Wildman–Crippen LogP) is 4.82. The van der Waals surface area contributed by atoms with E-state index in [-0.39, 0.29) is 16.3 Å². The summed E-state index contributed by atoms with van der Waals surface area (Å²) in [6.07, 6.45) is 0. The third-order valence-corrected chi connectivity index (χ3v) is 3.32. The minimum absolute atomic E-state index is 0.236. The zero-order valence-electron chi connectivity index (χ0n) is 9.75. The number of aromatic carboxylic acids is 1. The SMILES string of the molecule is O=C(O)c1ccc(F)c(F)c1Nc1ccc(Br)cc1Cl. The Bertz CT molecular complexity index is 694. The number of rotatable bonds is 3. The Morgan fingerprint density at radius 1 is 1.25 bits per heavy atom. The second-order valence-corrected chi connectivity index (χ2v) is 5.16. The van der Waals surface area contributed by atoms with Crippen LogP contribution in [0.2, 0.25) is 5.02 Å². The first-order valence-electron chi connectivity index (χ1n) is 5.33. The molecule has 2 N–H and O–H groups in total. The molecule has 0 aliphatic heterocycles. The molecule has 0 aliphatic carbocycles. The van der Waals surface area contributed by atoms with Gasteiger partial charge in [0.2, 0.25) is 0 Å². The lowest BCUT2D eigenvalue weighted by Crippen LogP contribution is -2.06. The highest BCUT2D eigenvalue weighted by molar-refractivity contribution is 9.10. The van der Waals surface area contributed by atoms with Crippen LogP contribution in [-0.2, 0) is 0 Å². The summed E-state index contributed by atoms with van der Waals surface area (Å²) in [5.74, 6) is -3.80. The lowest BCUT2D eigenvalue weighted by molar-refractivity contribution is 0.0697. The maximum Gasteiger partial charge on any atom is 0.337 e. The van der Waals surface area contributed by atoms with E-state index in [0.717, 1.165) is 12.1 Å². The summed E-state index contributed by atoms with van der Waals surface area (Å²) in [7, 11) is 0. The Labute approximate surface area is 126 Å². The standard InChI is InChI=1S/C13H7BrClF2NO2/c14-6-1-4-10(8(15)5-6)18-12-7(13(19)20)2-3-9(16)11(12)17/h1-5,18H,(H,19,20). The molecule has 2 aromatic carbocycles. The van der Waals surface area contributed by atoms with Gasteiger partial charge < -0.3 is 10.4 Å². The molecule has 0 bridgehead atoms. The average molecular weight is 363 g/mol. The van der Waals surface area contributed by atoms with Gasteiger partial charge >= 0.3 is 5.97 Å². The van der Waals surface area contributed by atoms with Crippen molar-refractivity contribution < 1.29 is 18.7 Å². The maximum atomic E-state index is 13.8. The molecule has 2 rings (SSSR count). The van der Waals surface area contributed by atoms with E-state index in [1.807, 2.05) is 0 Å². The van der Waals surface area contributed by atoms with Crippen molar-refractivity contribution in [2.75, 3.05) is 5.32 Å². The van der Waals surface area contributed by atoms with Crippen molar-refractivity contribution in [3.8, 4) is 0 Å². The quantitative estimate of drug-likeness (QED) is 0.823. The fourth-order valence-electron chi connectivity index (χ4n) is 1.58. The Morgan fingerprint density at radius 3 is 2.55 bits per heavy atom. The molecule has 0 heterocycles. The van der Waals surface area contributed by atoms with E-state index in [2.05, 4.69) is 21.2 Å². The number of hydrogen-bond acceptors (Lipinski definition) is 2. The summed E-state index contributed by atoms with van der Waals surface area (Å²) in [6.45, 7) is 0. The van der Waals surface area contributed by atoms with E-state index in [1.54, 1.807) is 12.1 Å². The van der Waals surface area contributed by atoms with Gasteiger partial charge in [0.15, 0.2) is 11.6 Å². The first-order chi connectivity index (χ1) is 9.40. The van der Waals surface area contributed by atoms with Crippen LogP contribution in [0.4, 0.5) is 20.2 Å². The summed E-state index contributed by atoms with van der Waals surface area (Å²) in [5.41, 5.74) is -0.591. The number of carboxylic acids is 1. The van der Waals surface area contributed by atoms with E-state index in [0.29, 0.717) is 4.47 Å². The van der Waals surface area contributed by atoms with Gasteiger partial charge in [-0.25, -0.2) is 13.6 Å². The highest BCUT2D eigenvalue weighted by atomic mass is 79.9. The van der Waals surface area contributed by atoms with Gasteiger partial charge in [-0.2, -0.15) is 0 Å². The van der Waals surface area contributed by atoms with Crippen molar-refractivity contribution in [3.63, 3.8) is 0 Å². The molecule has 0 aliphatic rings. The van der Waals surface area contributed by atoms with Crippen LogP contribution in [0.15, 0.2) is 34.8 Å². The summed E-state index contributed by atoms with van der Waals surface area (Å²) < 4.78 is 27.7. The molecule has 104 valence electrons. The van der Waals surface area contributed by atoms with Crippen molar-refractivity contribution in [2.45, 2.75) is 0 Å². The lowest BCUT2D eigenvalue weighted by Gasteiger charge is -2.12. The number of halogens is 4. The first kappa shape index (κ1) is 14.7. The molecule has 7 heteroatoms. The van der Waals surface area contributed by atoms with Gasteiger partial charge in [0, 0.05) is 4.47 Å². The normalized spacial score (nSPS) is 10.4. The third kappa shape index (κ3) is 2.91. The number of benzene rings is 2. The monoisotopic (exact) mass is 361 g/mol. The van der Waals surface area contributed by atoms with Crippen molar-refractivity contribution in [1.29, 1.82) is 0 Å². The van der Waals surface area contributed by atoms with Crippen LogP contribution in [0.25, 0.3) is 0 Å². The molecule has 0 aromatic heterocycles. The Kier molecular flexibility index (Phi) is 4.25. The second kappa shape index (κ2) is 5.76. The average Bonchev–Trinajstić information content (AvgIpc) is 2.37. The number of nitrogens with one attached hydrogen (secondary N) is 1. The van der Waals surface area contributed by atoms with Gasteiger partial charge in [0.1, 0.15) is 0 Å². The van der Waals surface area contributed by atoms with Crippen LogP contribution in [0.3, 0.4) is 0 Å².